The molecule has 29 heavy (non-hydrogen) atoms. The number of benzene rings is 1. The smallest absolute Gasteiger partial charge is 0.365 e. The van der Waals surface area contributed by atoms with Crippen LogP contribution in [0.25, 0.3) is 5.65 Å². The summed E-state index contributed by atoms with van der Waals surface area (Å²) in [7, 11) is -3.54. The molecule has 2 heterocycles. The van der Waals surface area contributed by atoms with Crippen LogP contribution in [-0.2, 0) is 22.7 Å². The number of hydrogen-bond acceptors (Lipinski definition) is 6. The summed E-state index contributed by atoms with van der Waals surface area (Å²) < 4.78 is 65.8. The molecule has 3 aromatic rings. The first-order chi connectivity index (χ1) is 13.7. The van der Waals surface area contributed by atoms with E-state index in [4.69, 9.17) is 0 Å². The summed E-state index contributed by atoms with van der Waals surface area (Å²) in [5, 5.41) is 13.4. The van der Waals surface area contributed by atoms with Gasteiger partial charge in [0.2, 0.25) is 10.0 Å². The first kappa shape index (κ1) is 21.0. The lowest BCUT2D eigenvalue weighted by Gasteiger charge is -2.18. The fraction of sp³-hybridized carbons (Fsp3) is 0.353. The molecule has 0 saturated heterocycles. The van der Waals surface area contributed by atoms with Crippen molar-refractivity contribution in [1.29, 1.82) is 0 Å². The molecule has 156 valence electrons. The third-order valence-electron chi connectivity index (χ3n) is 4.26. The lowest BCUT2D eigenvalue weighted by molar-refractivity contribution is -0.146. The fourth-order valence-corrected chi connectivity index (χ4v) is 4.20. The zero-order chi connectivity index (χ0) is 21.2. The number of anilines is 1. The minimum absolute atomic E-state index is 0.0196. The largest absolute Gasteiger partial charge is 0.453 e. The highest BCUT2D eigenvalue weighted by atomic mass is 32.2. The first-order valence-electron chi connectivity index (χ1n) is 8.79. The predicted octanol–water partition coefficient (Wildman–Crippen LogP) is 2.79. The molecule has 12 heteroatoms. The third kappa shape index (κ3) is 4.32. The fourth-order valence-electron chi connectivity index (χ4n) is 2.74. The van der Waals surface area contributed by atoms with Crippen LogP contribution in [0.1, 0.15) is 25.2 Å². The molecule has 0 amide bonds. The Morgan fingerprint density at radius 1 is 1.03 bits per heavy atom. The Morgan fingerprint density at radius 2 is 1.69 bits per heavy atom. The summed E-state index contributed by atoms with van der Waals surface area (Å²) >= 11 is 0. The summed E-state index contributed by atoms with van der Waals surface area (Å²) in [6, 6.07) is 9.15. The van der Waals surface area contributed by atoms with Crippen LogP contribution >= 0.6 is 0 Å². The molecule has 0 unspecified atom stereocenters. The van der Waals surface area contributed by atoms with E-state index in [1.165, 1.54) is 28.6 Å². The maximum absolute atomic E-state index is 12.9. The zero-order valence-corrected chi connectivity index (χ0v) is 16.5. The number of nitrogens with one attached hydrogen (secondary N) is 1. The normalized spacial score (nSPS) is 12.6. The van der Waals surface area contributed by atoms with Crippen LogP contribution < -0.4 is 5.32 Å². The first-order valence-corrected chi connectivity index (χ1v) is 10.2. The zero-order valence-electron chi connectivity index (χ0n) is 15.7. The van der Waals surface area contributed by atoms with Crippen LogP contribution in [0, 0.1) is 0 Å². The minimum atomic E-state index is -4.67. The third-order valence-corrected chi connectivity index (χ3v) is 6.32. The van der Waals surface area contributed by atoms with Crippen molar-refractivity contribution in [2.45, 2.75) is 31.5 Å². The van der Waals surface area contributed by atoms with Crippen LogP contribution in [-0.4, -0.2) is 45.6 Å². The van der Waals surface area contributed by atoms with E-state index in [-0.39, 0.29) is 22.9 Å². The summed E-state index contributed by atoms with van der Waals surface area (Å²) in [5.41, 5.74) is 0.721. The van der Waals surface area contributed by atoms with E-state index in [1.807, 2.05) is 0 Å². The van der Waals surface area contributed by atoms with Gasteiger partial charge in [-0.05, 0) is 29.8 Å². The van der Waals surface area contributed by atoms with Gasteiger partial charge in [-0.1, -0.05) is 26.0 Å². The van der Waals surface area contributed by atoms with Gasteiger partial charge in [-0.2, -0.15) is 22.0 Å². The number of alkyl halides is 3. The van der Waals surface area contributed by atoms with E-state index in [0.717, 1.165) is 5.56 Å². The number of halogens is 3. The molecule has 1 N–H and O–H groups in total. The van der Waals surface area contributed by atoms with Crippen LogP contribution in [0.4, 0.5) is 19.0 Å². The number of sulfonamides is 1. The summed E-state index contributed by atoms with van der Waals surface area (Å²) in [4.78, 5) is 0.184. The number of rotatable bonds is 7. The monoisotopic (exact) mass is 428 g/mol. The molecule has 0 atom stereocenters. The molecule has 0 saturated carbocycles. The molecule has 3 rings (SSSR count). The molecule has 8 nitrogen and oxygen atoms in total. The van der Waals surface area contributed by atoms with E-state index >= 15 is 0 Å². The molecule has 0 aliphatic rings. The number of fused-ring (bicyclic) bond motifs is 1. The Morgan fingerprint density at radius 3 is 2.28 bits per heavy atom. The highest BCUT2D eigenvalue weighted by molar-refractivity contribution is 7.89. The predicted molar refractivity (Wildman–Crippen MR) is 99.7 cm³/mol. The second-order valence-corrected chi connectivity index (χ2v) is 8.03. The van der Waals surface area contributed by atoms with Gasteiger partial charge < -0.3 is 5.32 Å². The molecule has 1 aromatic carbocycles. The van der Waals surface area contributed by atoms with Crippen LogP contribution in [0.2, 0.25) is 0 Å². The molecular formula is C17H19F3N6O2S. The van der Waals surface area contributed by atoms with Crippen molar-refractivity contribution in [3.05, 3.63) is 47.8 Å². The van der Waals surface area contributed by atoms with Gasteiger partial charge in [0.1, 0.15) is 5.82 Å². The Kier molecular flexibility index (Phi) is 5.75. The molecule has 0 aliphatic heterocycles. The van der Waals surface area contributed by atoms with Gasteiger partial charge >= 0.3 is 6.18 Å². The van der Waals surface area contributed by atoms with Crippen molar-refractivity contribution in [3.63, 3.8) is 0 Å². The highest BCUT2D eigenvalue weighted by Gasteiger charge is 2.37. The van der Waals surface area contributed by atoms with Gasteiger partial charge in [0, 0.05) is 19.6 Å². The summed E-state index contributed by atoms with van der Waals surface area (Å²) in [6.07, 6.45) is -4.67. The molecule has 0 bridgehead atoms. The average molecular weight is 428 g/mol. The van der Waals surface area contributed by atoms with Crippen LogP contribution in [0.3, 0.4) is 0 Å². The van der Waals surface area contributed by atoms with Gasteiger partial charge in [-0.15, -0.1) is 15.3 Å². The van der Waals surface area contributed by atoms with E-state index in [2.05, 4.69) is 20.6 Å². The SMILES string of the molecule is CCN(CC)S(=O)(=O)c1ccc(CNc2ccc3nnc(C(F)(F)F)n3n2)cc1. The van der Waals surface area contributed by atoms with Gasteiger partial charge in [-0.3, -0.25) is 0 Å². The number of hydrogen-bond donors (Lipinski definition) is 1. The molecule has 0 fully saturated rings. The van der Waals surface area contributed by atoms with Crippen molar-refractivity contribution in [3.8, 4) is 0 Å². The minimum Gasteiger partial charge on any atom is -0.365 e. The van der Waals surface area contributed by atoms with Crippen molar-refractivity contribution in [2.75, 3.05) is 18.4 Å². The topological polar surface area (TPSA) is 92.5 Å². The van der Waals surface area contributed by atoms with E-state index < -0.39 is 22.0 Å². The Balaban J connectivity index is 1.75. The maximum atomic E-state index is 12.9. The Bertz CT molecular complexity index is 1090. The van der Waals surface area contributed by atoms with E-state index in [9.17, 15) is 21.6 Å². The molecular weight excluding hydrogens is 409 g/mol. The van der Waals surface area contributed by atoms with Gasteiger partial charge in [0.05, 0.1) is 4.90 Å². The lowest BCUT2D eigenvalue weighted by Crippen LogP contribution is -2.30. The molecule has 2 aromatic heterocycles. The standard InChI is InChI=1S/C17H19F3N6O2S/c1-3-25(4-2)29(27,28)13-7-5-12(6-8-13)11-21-14-9-10-15-22-23-16(17(18,19)20)26(15)24-14/h5-10H,3-4,11H2,1-2H3,(H,21,24). The van der Waals surface area contributed by atoms with E-state index in [0.29, 0.717) is 17.6 Å². The number of nitrogens with zero attached hydrogens (tertiary/aromatic N) is 5. The van der Waals surface area contributed by atoms with E-state index in [1.54, 1.807) is 26.0 Å². The second kappa shape index (κ2) is 7.95. The maximum Gasteiger partial charge on any atom is 0.453 e. The Labute approximate surface area is 165 Å². The van der Waals surface area contributed by atoms with Crippen LogP contribution in [0.5, 0.6) is 0 Å². The number of aromatic nitrogens is 4. The van der Waals surface area contributed by atoms with Gasteiger partial charge in [0.15, 0.2) is 5.65 Å². The van der Waals surface area contributed by atoms with Gasteiger partial charge in [0.25, 0.3) is 5.82 Å². The molecule has 0 radical (unpaired) electrons. The summed E-state index contributed by atoms with van der Waals surface area (Å²) in [6.45, 7) is 4.53. The average Bonchev–Trinajstić information content (AvgIpc) is 3.11. The molecule has 0 aliphatic carbocycles. The van der Waals surface area contributed by atoms with Crippen molar-refractivity contribution in [2.24, 2.45) is 0 Å². The van der Waals surface area contributed by atoms with Crippen LogP contribution in [0.15, 0.2) is 41.3 Å². The lowest BCUT2D eigenvalue weighted by atomic mass is 10.2. The van der Waals surface area contributed by atoms with Gasteiger partial charge in [-0.25, -0.2) is 8.42 Å². The quantitative estimate of drug-likeness (QED) is 0.622. The van der Waals surface area contributed by atoms with Crippen molar-refractivity contribution >= 4 is 21.5 Å². The Hall–Kier alpha value is -2.73. The van der Waals surface area contributed by atoms with Crippen molar-refractivity contribution in [1.82, 2.24) is 24.1 Å². The summed E-state index contributed by atoms with van der Waals surface area (Å²) in [5.74, 6) is -1.01. The molecule has 0 spiro atoms. The highest BCUT2D eigenvalue weighted by Crippen LogP contribution is 2.27. The van der Waals surface area contributed by atoms with Crippen molar-refractivity contribution < 1.29 is 21.6 Å². The second-order valence-electron chi connectivity index (χ2n) is 6.10.